The van der Waals surface area contributed by atoms with Crippen molar-refractivity contribution >= 4 is 5.91 Å². The lowest BCUT2D eigenvalue weighted by atomic mass is 10.4. The summed E-state index contributed by atoms with van der Waals surface area (Å²) in [7, 11) is 0. The van der Waals surface area contributed by atoms with E-state index in [1.165, 1.54) is 0 Å². The van der Waals surface area contributed by atoms with Gasteiger partial charge < -0.3 is 5.73 Å². The minimum absolute atomic E-state index is 0.00685. The van der Waals surface area contributed by atoms with Crippen LogP contribution in [0.15, 0.2) is 0 Å². The molecular formula is C9H18N2O. The molecule has 2 N–H and O–H groups in total. The van der Waals surface area contributed by atoms with Crippen molar-refractivity contribution in [2.45, 2.75) is 32.7 Å². The fourth-order valence-electron chi connectivity index (χ4n) is 1.84. The lowest BCUT2D eigenvalue weighted by Gasteiger charge is -2.23. The van der Waals surface area contributed by atoms with Crippen molar-refractivity contribution in [3.63, 3.8) is 0 Å². The third kappa shape index (κ3) is 2.21. The van der Waals surface area contributed by atoms with E-state index in [4.69, 9.17) is 5.73 Å². The molecule has 1 fully saturated rings. The molecule has 70 valence electrons. The number of likely N-dealkylation sites (tertiary alicyclic amines) is 1. The smallest absolute Gasteiger partial charge is 0.234 e. The Bertz CT molecular complexity index is 168. The highest BCUT2D eigenvalue weighted by atomic mass is 16.2. The molecule has 0 aromatic rings. The van der Waals surface area contributed by atoms with Gasteiger partial charge in [0, 0.05) is 6.54 Å². The molecule has 3 nitrogen and oxygen atoms in total. The van der Waals surface area contributed by atoms with Crippen LogP contribution >= 0.6 is 0 Å². The molecule has 1 aliphatic heterocycles. The van der Waals surface area contributed by atoms with Crippen LogP contribution in [0.2, 0.25) is 0 Å². The van der Waals surface area contributed by atoms with Crippen molar-refractivity contribution in [3.8, 4) is 0 Å². The first-order valence-electron chi connectivity index (χ1n) is 4.64. The minimum atomic E-state index is -0.159. The first-order valence-corrected chi connectivity index (χ1v) is 4.64. The maximum absolute atomic E-state index is 11.0. The van der Waals surface area contributed by atoms with Gasteiger partial charge in [0.05, 0.1) is 6.04 Å². The van der Waals surface area contributed by atoms with E-state index in [-0.39, 0.29) is 11.9 Å². The molecular weight excluding hydrogens is 156 g/mol. The zero-order valence-electron chi connectivity index (χ0n) is 7.92. The number of carbonyl (C=O) groups excluding carboxylic acids is 1. The molecule has 12 heavy (non-hydrogen) atoms. The summed E-state index contributed by atoms with van der Waals surface area (Å²) in [5.74, 6) is 0.457. The molecule has 0 aromatic carbocycles. The molecule has 1 amide bonds. The number of nitrogens with zero attached hydrogens (tertiary/aromatic N) is 1. The van der Waals surface area contributed by atoms with E-state index in [9.17, 15) is 4.79 Å². The second-order valence-corrected chi connectivity index (χ2v) is 3.95. The summed E-state index contributed by atoms with van der Waals surface area (Å²) in [4.78, 5) is 13.2. The van der Waals surface area contributed by atoms with Gasteiger partial charge in [0.25, 0.3) is 0 Å². The Morgan fingerprint density at radius 2 is 2.33 bits per heavy atom. The van der Waals surface area contributed by atoms with Crippen LogP contribution in [0, 0.1) is 5.92 Å². The lowest BCUT2D eigenvalue weighted by Crippen LogP contribution is -2.41. The number of hydrogen-bond acceptors (Lipinski definition) is 2. The van der Waals surface area contributed by atoms with Gasteiger partial charge >= 0.3 is 0 Å². The van der Waals surface area contributed by atoms with Gasteiger partial charge in [-0.1, -0.05) is 13.8 Å². The Labute approximate surface area is 73.9 Å². The van der Waals surface area contributed by atoms with Crippen molar-refractivity contribution in [2.24, 2.45) is 11.7 Å². The van der Waals surface area contributed by atoms with Gasteiger partial charge in [-0.3, -0.25) is 9.69 Å². The van der Waals surface area contributed by atoms with E-state index in [1.54, 1.807) is 0 Å². The van der Waals surface area contributed by atoms with Gasteiger partial charge in [-0.25, -0.2) is 0 Å². The topological polar surface area (TPSA) is 46.3 Å². The number of hydrogen-bond donors (Lipinski definition) is 1. The standard InChI is InChI=1S/C9H18N2O/c1-7(2)6-11-5-3-4-8(11)9(10)12/h7-8H,3-6H2,1-2H3,(H2,10,12)/i6+1,8+1,10+1,11+1. The van der Waals surface area contributed by atoms with Crippen molar-refractivity contribution in [3.05, 3.63) is 0 Å². The molecule has 1 rings (SSSR count). The Kier molecular flexibility index (Phi) is 3.09. The third-order valence-corrected chi connectivity index (χ3v) is 2.29. The summed E-state index contributed by atoms with van der Waals surface area (Å²) in [6, 6.07) is 0.00685. The van der Waals surface area contributed by atoms with Crippen LogP contribution < -0.4 is 5.73 Å². The largest absolute Gasteiger partial charge is 0.368 e. The summed E-state index contributed by atoms with van der Waals surface area (Å²) in [6.07, 6.45) is 2.06. The Morgan fingerprint density at radius 1 is 1.67 bits per heavy atom. The number of amides is 1. The van der Waals surface area contributed by atoms with Crippen molar-refractivity contribution in [1.82, 2.24) is 4.90 Å². The summed E-state index contributed by atoms with van der Waals surface area (Å²) < 4.78 is 0. The normalized spacial score (nSPS) is 25.1. The predicted octanol–water partition coefficient (Wildman–Crippen LogP) is 0.592. The quantitative estimate of drug-likeness (QED) is 0.503. The van der Waals surface area contributed by atoms with E-state index in [0.29, 0.717) is 5.92 Å². The molecule has 1 unspecified atom stereocenters. The molecule has 0 spiro atoms. The fraction of sp³-hybridized carbons (Fsp3) is 0.889. The molecule has 0 saturated carbocycles. The summed E-state index contributed by atoms with van der Waals surface area (Å²) >= 11 is 0. The molecule has 0 bridgehead atoms. The van der Waals surface area contributed by atoms with Gasteiger partial charge in [-0.2, -0.15) is 0 Å². The minimum Gasteiger partial charge on any atom is -0.368 e. The second kappa shape index (κ2) is 3.90. The average molecular weight is 174 g/mol. The molecule has 1 heterocycles. The molecule has 0 radical (unpaired) electrons. The highest BCUT2D eigenvalue weighted by Crippen LogP contribution is 2.17. The molecule has 1 atom stereocenters. The van der Waals surface area contributed by atoms with E-state index < -0.39 is 0 Å². The Morgan fingerprint density at radius 3 is 2.83 bits per heavy atom. The Hall–Kier alpha value is -0.570. The van der Waals surface area contributed by atoms with Gasteiger partial charge in [0.15, 0.2) is 0 Å². The first-order chi connectivity index (χ1) is 5.61. The zero-order chi connectivity index (χ0) is 9.14. The fourth-order valence-corrected chi connectivity index (χ4v) is 1.84. The van der Waals surface area contributed by atoms with Crippen LogP contribution in [0.1, 0.15) is 26.7 Å². The van der Waals surface area contributed by atoms with Crippen molar-refractivity contribution in [2.75, 3.05) is 13.1 Å². The van der Waals surface area contributed by atoms with Crippen LogP contribution in [-0.2, 0) is 4.79 Å². The molecule has 0 aromatic heterocycles. The average Bonchev–Trinajstić information content (AvgIpc) is 2.33. The van der Waals surface area contributed by atoms with Crippen LogP contribution in [0.3, 0.4) is 0 Å². The van der Waals surface area contributed by atoms with Crippen LogP contribution in [0.25, 0.3) is 0 Å². The zero-order valence-corrected chi connectivity index (χ0v) is 7.92. The third-order valence-electron chi connectivity index (χ3n) is 2.29. The van der Waals surface area contributed by atoms with Gasteiger partial charge in [-0.15, -0.1) is 0 Å². The van der Waals surface area contributed by atoms with E-state index in [1.807, 2.05) is 0 Å². The lowest BCUT2D eigenvalue weighted by molar-refractivity contribution is -0.122. The number of nitrogens with two attached hydrogens (primary N) is 1. The summed E-state index contributed by atoms with van der Waals surface area (Å²) in [6.45, 7) is 6.35. The van der Waals surface area contributed by atoms with Gasteiger partial charge in [0.1, 0.15) is 0 Å². The number of primary amides is 1. The molecule has 1 saturated heterocycles. The summed E-state index contributed by atoms with van der Waals surface area (Å²) in [5.41, 5.74) is 5.28. The van der Waals surface area contributed by atoms with E-state index in [2.05, 4.69) is 18.7 Å². The van der Waals surface area contributed by atoms with Gasteiger partial charge in [-0.05, 0) is 25.3 Å². The molecule has 0 aliphatic carbocycles. The first kappa shape index (κ1) is 9.52. The van der Waals surface area contributed by atoms with Crippen LogP contribution in [0.4, 0.5) is 0 Å². The molecule has 3 heteroatoms. The van der Waals surface area contributed by atoms with E-state index in [0.717, 1.165) is 25.9 Å². The predicted molar refractivity (Wildman–Crippen MR) is 48.6 cm³/mol. The van der Waals surface area contributed by atoms with E-state index >= 15 is 0 Å². The monoisotopic (exact) mass is 174 g/mol. The Balaban J connectivity index is 2.46. The highest BCUT2D eigenvalue weighted by Gasteiger charge is 2.28. The number of rotatable bonds is 3. The van der Waals surface area contributed by atoms with Crippen LogP contribution in [0.5, 0.6) is 0 Å². The maximum atomic E-state index is 11.0. The van der Waals surface area contributed by atoms with Crippen molar-refractivity contribution < 1.29 is 4.79 Å². The second-order valence-electron chi connectivity index (χ2n) is 3.95. The maximum Gasteiger partial charge on any atom is 0.234 e. The summed E-state index contributed by atoms with van der Waals surface area (Å²) in [5, 5.41) is 0. The SMILES string of the molecule is CC(C)[13CH2][15N]1CCC[13CH]1C([15NH2])=O. The number of carbonyl (C=O) groups is 1. The highest BCUT2D eigenvalue weighted by molar-refractivity contribution is 5.80. The van der Waals surface area contributed by atoms with Crippen LogP contribution in [-0.4, -0.2) is 29.9 Å². The molecule has 1 aliphatic rings. The van der Waals surface area contributed by atoms with Gasteiger partial charge in [0.2, 0.25) is 5.91 Å². The van der Waals surface area contributed by atoms with Crippen molar-refractivity contribution in [1.29, 1.82) is 0 Å².